The second kappa shape index (κ2) is 10.5. The molecule has 0 fully saturated rings. The minimum absolute atomic E-state index is 0.0192. The lowest BCUT2D eigenvalue weighted by Gasteiger charge is -2.33. The first-order valence-electron chi connectivity index (χ1n) is 12.4. The molecule has 206 valence electrons. The molecule has 0 aromatic heterocycles. The first-order chi connectivity index (χ1) is 19.1. The first kappa shape index (κ1) is 27.5. The average molecular weight is 579 g/mol. The van der Waals surface area contributed by atoms with Crippen LogP contribution in [0.2, 0.25) is 0 Å². The fourth-order valence-corrected chi connectivity index (χ4v) is 8.98. The van der Waals surface area contributed by atoms with E-state index in [1.807, 2.05) is 0 Å². The molecule has 2 atom stereocenters. The Morgan fingerprint density at radius 1 is 0.575 bits per heavy atom. The van der Waals surface area contributed by atoms with Crippen molar-refractivity contribution >= 4 is 42.4 Å². The molecule has 40 heavy (non-hydrogen) atoms. The topological polar surface area (TPSA) is 121 Å². The van der Waals surface area contributed by atoms with E-state index in [9.17, 15) is 26.4 Å². The van der Waals surface area contributed by atoms with Crippen molar-refractivity contribution in [3.05, 3.63) is 96.1 Å². The number of rotatable bonds is 6. The molecule has 0 saturated heterocycles. The molecule has 0 unspecified atom stereocenters. The minimum atomic E-state index is -4.20. The number of esters is 2. The molecular formula is C30H26O8S2. The molecule has 5 rings (SSSR count). The van der Waals surface area contributed by atoms with Crippen LogP contribution in [-0.4, -0.2) is 43.0 Å². The molecular weight excluding hydrogens is 552 g/mol. The molecule has 10 heteroatoms. The Morgan fingerprint density at radius 3 is 1.23 bits per heavy atom. The molecule has 0 saturated carbocycles. The zero-order valence-corrected chi connectivity index (χ0v) is 23.4. The molecule has 0 heterocycles. The molecule has 8 nitrogen and oxygen atoms in total. The Kier molecular flexibility index (Phi) is 7.24. The van der Waals surface area contributed by atoms with E-state index in [1.54, 1.807) is 60.7 Å². The molecule has 0 N–H and O–H groups in total. The normalized spacial score (nSPS) is 17.1. The molecule has 0 aliphatic heterocycles. The number of hydrogen-bond donors (Lipinski definition) is 0. The third-order valence-electron chi connectivity index (χ3n) is 7.31. The maximum absolute atomic E-state index is 14.2. The van der Waals surface area contributed by atoms with Crippen molar-refractivity contribution in [2.75, 3.05) is 14.2 Å². The van der Waals surface area contributed by atoms with Gasteiger partial charge in [0.2, 0.25) is 19.7 Å². The van der Waals surface area contributed by atoms with Crippen LogP contribution in [0.3, 0.4) is 0 Å². The predicted octanol–water partition coefficient (Wildman–Crippen LogP) is 4.18. The van der Waals surface area contributed by atoms with Gasteiger partial charge >= 0.3 is 11.9 Å². The van der Waals surface area contributed by atoms with E-state index in [1.165, 1.54) is 38.5 Å². The van der Waals surface area contributed by atoms with Gasteiger partial charge in [0.1, 0.15) is 0 Å². The van der Waals surface area contributed by atoms with Gasteiger partial charge in [-0.2, -0.15) is 0 Å². The number of sulfone groups is 2. The summed E-state index contributed by atoms with van der Waals surface area (Å²) in [6, 6.07) is 22.0. The zero-order chi connectivity index (χ0) is 28.7. The summed E-state index contributed by atoms with van der Waals surface area (Å²) in [5.74, 6) is -3.60. The Morgan fingerprint density at radius 2 is 0.900 bits per heavy atom. The maximum Gasteiger partial charge on any atom is 0.309 e. The van der Waals surface area contributed by atoms with Crippen LogP contribution in [0.15, 0.2) is 105 Å². The van der Waals surface area contributed by atoms with Gasteiger partial charge in [-0.25, -0.2) is 16.8 Å². The smallest absolute Gasteiger partial charge is 0.309 e. The number of carbonyl (C=O) groups is 2. The van der Waals surface area contributed by atoms with E-state index in [0.717, 1.165) is 0 Å². The molecule has 0 bridgehead atoms. The number of ether oxygens (including phenoxy) is 2. The van der Waals surface area contributed by atoms with Gasteiger partial charge in [0.15, 0.2) is 0 Å². The summed E-state index contributed by atoms with van der Waals surface area (Å²) >= 11 is 0. The van der Waals surface area contributed by atoms with Crippen LogP contribution in [0.5, 0.6) is 0 Å². The van der Waals surface area contributed by atoms with Gasteiger partial charge in [-0.1, -0.05) is 60.7 Å². The predicted molar refractivity (Wildman–Crippen MR) is 146 cm³/mol. The summed E-state index contributed by atoms with van der Waals surface area (Å²) in [6.07, 6.45) is -0.462. The van der Waals surface area contributed by atoms with Gasteiger partial charge in [-0.05, 0) is 48.2 Å². The third-order valence-corrected chi connectivity index (χ3v) is 11.1. The fourth-order valence-electron chi connectivity index (χ4n) is 5.48. The number of fused-ring (bicyclic) bond motifs is 2. The molecule has 4 aromatic rings. The third kappa shape index (κ3) is 4.47. The highest BCUT2D eigenvalue weighted by atomic mass is 32.2. The lowest BCUT2D eigenvalue weighted by Crippen LogP contribution is -2.39. The Bertz CT molecular complexity index is 1700. The molecule has 0 radical (unpaired) electrons. The molecule has 0 spiro atoms. The van der Waals surface area contributed by atoms with Gasteiger partial charge in [-0.3, -0.25) is 9.59 Å². The summed E-state index contributed by atoms with van der Waals surface area (Å²) in [5.41, 5.74) is 0.347. The van der Waals surface area contributed by atoms with E-state index in [0.29, 0.717) is 0 Å². The summed E-state index contributed by atoms with van der Waals surface area (Å²) in [5, 5.41) is 0.416. The monoisotopic (exact) mass is 578 g/mol. The second-order valence-electron chi connectivity index (χ2n) is 9.46. The maximum atomic E-state index is 14.2. The number of carbonyl (C=O) groups excluding carboxylic acids is 2. The Hall–Kier alpha value is -4.02. The molecule has 4 aromatic carbocycles. The van der Waals surface area contributed by atoms with Crippen molar-refractivity contribution in [1.29, 1.82) is 0 Å². The van der Waals surface area contributed by atoms with E-state index in [2.05, 4.69) is 0 Å². The SMILES string of the molecule is COC(=O)[C@H]1Cc2c(c(S(=O)(=O)c3ccccc3)c3ccccc3c2S(=O)(=O)c2ccccc2)C[C@H]1C(=O)OC. The van der Waals surface area contributed by atoms with Gasteiger partial charge in [0.05, 0.1) is 45.6 Å². The fraction of sp³-hybridized carbons (Fsp3) is 0.200. The van der Waals surface area contributed by atoms with Crippen LogP contribution in [0.25, 0.3) is 10.8 Å². The van der Waals surface area contributed by atoms with Crippen LogP contribution in [0, 0.1) is 11.8 Å². The quantitative estimate of drug-likeness (QED) is 0.313. The van der Waals surface area contributed by atoms with E-state index in [-0.39, 0.29) is 54.3 Å². The van der Waals surface area contributed by atoms with Crippen LogP contribution < -0.4 is 0 Å². The Balaban J connectivity index is 1.95. The molecule has 1 aliphatic carbocycles. The highest BCUT2D eigenvalue weighted by Gasteiger charge is 2.45. The Labute approximate surface area is 232 Å². The van der Waals surface area contributed by atoms with Crippen LogP contribution in [-0.2, 0) is 51.6 Å². The van der Waals surface area contributed by atoms with Crippen molar-refractivity contribution in [2.24, 2.45) is 11.8 Å². The summed E-state index contributed by atoms with van der Waals surface area (Å²) in [4.78, 5) is 25.7. The first-order valence-corrected chi connectivity index (χ1v) is 15.4. The number of hydrogen-bond acceptors (Lipinski definition) is 8. The highest BCUT2D eigenvalue weighted by molar-refractivity contribution is 7.92. The van der Waals surface area contributed by atoms with E-state index >= 15 is 0 Å². The van der Waals surface area contributed by atoms with Crippen molar-refractivity contribution in [3.63, 3.8) is 0 Å². The lowest BCUT2D eigenvalue weighted by molar-refractivity contribution is -0.158. The summed E-state index contributed by atoms with van der Waals surface area (Å²) in [6.45, 7) is 0. The number of benzene rings is 4. The average Bonchev–Trinajstić information content (AvgIpc) is 2.98. The van der Waals surface area contributed by atoms with E-state index in [4.69, 9.17) is 9.47 Å². The largest absolute Gasteiger partial charge is 0.469 e. The number of methoxy groups -OCH3 is 2. The second-order valence-corrected chi connectivity index (χ2v) is 13.2. The highest BCUT2D eigenvalue weighted by Crippen LogP contribution is 2.46. The molecule has 0 amide bonds. The van der Waals surface area contributed by atoms with Crippen LogP contribution in [0.1, 0.15) is 11.1 Å². The van der Waals surface area contributed by atoms with Crippen molar-refractivity contribution in [3.8, 4) is 0 Å². The van der Waals surface area contributed by atoms with Gasteiger partial charge < -0.3 is 9.47 Å². The van der Waals surface area contributed by atoms with Gasteiger partial charge in [0.25, 0.3) is 0 Å². The van der Waals surface area contributed by atoms with Gasteiger partial charge in [0, 0.05) is 10.8 Å². The summed E-state index contributed by atoms with van der Waals surface area (Å²) in [7, 11) is -6.03. The standard InChI is InChI=1S/C30H26O8S2/c1-37-29(31)25-17-23-24(18-26(25)30(32)38-2)28(40(35,36)20-13-7-4-8-14-20)22-16-10-9-15-21(22)27(23)39(33,34)19-11-5-3-6-12-19/h3-16,25-26H,17-18H2,1-2H3/t25-,26+. The van der Waals surface area contributed by atoms with Crippen LogP contribution >= 0.6 is 0 Å². The van der Waals surface area contributed by atoms with E-state index < -0.39 is 43.4 Å². The van der Waals surface area contributed by atoms with Gasteiger partial charge in [-0.15, -0.1) is 0 Å². The van der Waals surface area contributed by atoms with Crippen molar-refractivity contribution < 1.29 is 35.9 Å². The lowest BCUT2D eigenvalue weighted by atomic mass is 9.75. The minimum Gasteiger partial charge on any atom is -0.469 e. The van der Waals surface area contributed by atoms with Crippen molar-refractivity contribution in [2.45, 2.75) is 32.4 Å². The van der Waals surface area contributed by atoms with Crippen LogP contribution in [0.4, 0.5) is 0 Å². The zero-order valence-electron chi connectivity index (χ0n) is 21.7. The molecule has 1 aliphatic rings. The van der Waals surface area contributed by atoms with Crippen molar-refractivity contribution in [1.82, 2.24) is 0 Å². The summed E-state index contributed by atoms with van der Waals surface area (Å²) < 4.78 is 66.8.